The van der Waals surface area contributed by atoms with Gasteiger partial charge in [0.25, 0.3) is 0 Å². The molecular weight excluding hydrogens is 284 g/mol. The first-order chi connectivity index (χ1) is 9.04. The number of hydrogen-bond donors (Lipinski definition) is 3. The molecule has 0 aliphatic carbocycles. The molecule has 0 aliphatic rings. The summed E-state index contributed by atoms with van der Waals surface area (Å²) in [5.41, 5.74) is -0.580. The van der Waals surface area contributed by atoms with E-state index in [1.807, 2.05) is 0 Å². The third-order valence-electron chi connectivity index (χ3n) is 2.39. The van der Waals surface area contributed by atoms with Crippen molar-refractivity contribution in [3.8, 4) is 5.75 Å². The summed E-state index contributed by atoms with van der Waals surface area (Å²) in [5.74, 6) is 0.00705. The molecule has 0 saturated heterocycles. The number of aromatic hydroxyl groups is 1. The van der Waals surface area contributed by atoms with Crippen LogP contribution in [0.3, 0.4) is 0 Å². The van der Waals surface area contributed by atoms with Crippen molar-refractivity contribution < 1.29 is 23.4 Å². The Morgan fingerprint density at radius 1 is 1.35 bits per heavy atom. The summed E-state index contributed by atoms with van der Waals surface area (Å²) in [4.78, 5) is 11.1. The summed E-state index contributed by atoms with van der Waals surface area (Å²) in [6.45, 7) is 4.33. The number of carbonyl (C=O) groups is 1. The molecule has 20 heavy (non-hydrogen) atoms. The molecular formula is C12H18N2O5S. The predicted molar refractivity (Wildman–Crippen MR) is 73.5 cm³/mol. The van der Waals surface area contributed by atoms with Gasteiger partial charge in [0.05, 0.1) is 5.54 Å². The van der Waals surface area contributed by atoms with Gasteiger partial charge in [-0.2, -0.15) is 17.4 Å². The van der Waals surface area contributed by atoms with Crippen LogP contribution in [-0.2, 0) is 16.8 Å². The number of phenols is 1. The first-order valence-corrected chi connectivity index (χ1v) is 7.29. The summed E-state index contributed by atoms with van der Waals surface area (Å²) in [5, 5.41) is 18.3. The van der Waals surface area contributed by atoms with Crippen molar-refractivity contribution in [3.63, 3.8) is 0 Å². The number of rotatable bonds is 4. The van der Waals surface area contributed by atoms with Crippen molar-refractivity contribution in [2.45, 2.75) is 32.9 Å². The molecule has 0 spiro atoms. The molecule has 0 unspecified atom stereocenters. The van der Waals surface area contributed by atoms with Crippen LogP contribution >= 0.6 is 0 Å². The van der Waals surface area contributed by atoms with Gasteiger partial charge in [0.2, 0.25) is 0 Å². The minimum Gasteiger partial charge on any atom is -0.508 e. The Morgan fingerprint density at radius 3 is 2.40 bits per heavy atom. The first-order valence-electron chi connectivity index (χ1n) is 5.85. The van der Waals surface area contributed by atoms with Gasteiger partial charge < -0.3 is 10.2 Å². The lowest BCUT2D eigenvalue weighted by atomic mass is 10.1. The van der Waals surface area contributed by atoms with E-state index >= 15 is 0 Å². The van der Waals surface area contributed by atoms with Gasteiger partial charge in [-0.25, -0.2) is 4.79 Å². The Hall–Kier alpha value is -1.80. The van der Waals surface area contributed by atoms with Gasteiger partial charge in [-0.15, -0.1) is 0 Å². The van der Waals surface area contributed by atoms with Crippen LogP contribution in [-0.4, -0.2) is 34.6 Å². The summed E-state index contributed by atoms with van der Waals surface area (Å²) < 4.78 is 26.7. The van der Waals surface area contributed by atoms with E-state index < -0.39 is 21.8 Å². The summed E-state index contributed by atoms with van der Waals surface area (Å²) in [6, 6.07) is 6.03. The van der Waals surface area contributed by atoms with Crippen molar-refractivity contribution in [2.24, 2.45) is 0 Å². The lowest BCUT2D eigenvalue weighted by molar-refractivity contribution is 0.145. The predicted octanol–water partition coefficient (Wildman–Crippen LogP) is 1.51. The zero-order chi connectivity index (χ0) is 15.6. The molecule has 112 valence electrons. The zero-order valence-corrected chi connectivity index (χ0v) is 12.3. The Kier molecular flexibility index (Phi) is 4.61. The smallest absolute Gasteiger partial charge is 0.422 e. The topological polar surface area (TPSA) is 107 Å². The molecule has 3 N–H and O–H groups in total. The molecule has 0 bridgehead atoms. The van der Waals surface area contributed by atoms with E-state index in [1.165, 1.54) is 32.9 Å². The van der Waals surface area contributed by atoms with Gasteiger partial charge in [-0.1, -0.05) is 12.1 Å². The van der Waals surface area contributed by atoms with Crippen LogP contribution in [0.1, 0.15) is 26.3 Å². The second-order valence-electron chi connectivity index (χ2n) is 5.21. The van der Waals surface area contributed by atoms with Crippen molar-refractivity contribution in [1.29, 1.82) is 0 Å². The quantitative estimate of drug-likeness (QED) is 0.781. The van der Waals surface area contributed by atoms with Crippen LogP contribution in [0.15, 0.2) is 24.3 Å². The van der Waals surface area contributed by atoms with Gasteiger partial charge in [0.1, 0.15) is 5.75 Å². The maximum Gasteiger partial charge on any atom is 0.422 e. The van der Waals surface area contributed by atoms with Crippen molar-refractivity contribution in [1.82, 2.24) is 9.03 Å². The third-order valence-corrected chi connectivity index (χ3v) is 4.09. The second kappa shape index (κ2) is 5.68. The number of nitrogens with zero attached hydrogens (tertiary/aromatic N) is 1. The molecule has 0 aromatic heterocycles. The van der Waals surface area contributed by atoms with Crippen LogP contribution in [0.2, 0.25) is 0 Å². The fourth-order valence-corrected chi connectivity index (χ4v) is 3.06. The number of amides is 1. The number of carboxylic acid groups (broad SMARTS) is 1. The van der Waals surface area contributed by atoms with E-state index in [0.717, 1.165) is 0 Å². The average molecular weight is 302 g/mol. The number of nitrogens with one attached hydrogen (secondary N) is 1. The lowest BCUT2D eigenvalue weighted by Gasteiger charge is -2.31. The van der Waals surface area contributed by atoms with E-state index in [4.69, 9.17) is 5.11 Å². The minimum absolute atomic E-state index is 0.00705. The highest BCUT2D eigenvalue weighted by Gasteiger charge is 2.36. The van der Waals surface area contributed by atoms with E-state index in [-0.39, 0.29) is 12.3 Å². The maximum absolute atomic E-state index is 12.0. The molecule has 0 saturated carbocycles. The minimum atomic E-state index is -4.19. The highest BCUT2D eigenvalue weighted by atomic mass is 32.2. The molecule has 1 amide bonds. The molecule has 0 heterocycles. The molecule has 1 aromatic carbocycles. The van der Waals surface area contributed by atoms with Crippen LogP contribution < -0.4 is 4.72 Å². The Morgan fingerprint density at radius 2 is 1.95 bits per heavy atom. The van der Waals surface area contributed by atoms with Gasteiger partial charge in [0, 0.05) is 6.54 Å². The molecule has 0 radical (unpaired) electrons. The highest BCUT2D eigenvalue weighted by Crippen LogP contribution is 2.18. The molecule has 0 atom stereocenters. The molecule has 1 aromatic rings. The third kappa shape index (κ3) is 4.10. The Labute approximate surface area is 118 Å². The molecule has 0 fully saturated rings. The van der Waals surface area contributed by atoms with Crippen molar-refractivity contribution in [3.05, 3.63) is 29.8 Å². The van der Waals surface area contributed by atoms with Crippen molar-refractivity contribution in [2.75, 3.05) is 0 Å². The highest BCUT2D eigenvalue weighted by molar-refractivity contribution is 7.87. The Bertz CT molecular complexity index is 592. The molecule has 1 rings (SSSR count). The fraction of sp³-hybridized carbons (Fsp3) is 0.417. The van der Waals surface area contributed by atoms with Crippen LogP contribution in [0.5, 0.6) is 5.75 Å². The van der Waals surface area contributed by atoms with Gasteiger partial charge in [-0.3, -0.25) is 0 Å². The van der Waals surface area contributed by atoms with Gasteiger partial charge in [-0.05, 0) is 38.5 Å². The van der Waals surface area contributed by atoms with E-state index in [2.05, 4.69) is 4.72 Å². The summed E-state index contributed by atoms with van der Waals surface area (Å²) >= 11 is 0. The summed E-state index contributed by atoms with van der Waals surface area (Å²) in [6.07, 6.45) is -1.55. The molecule has 8 heteroatoms. The normalized spacial score (nSPS) is 12.2. The maximum atomic E-state index is 12.0. The second-order valence-corrected chi connectivity index (χ2v) is 6.82. The monoisotopic (exact) mass is 302 g/mol. The van der Waals surface area contributed by atoms with Crippen LogP contribution in [0, 0.1) is 0 Å². The van der Waals surface area contributed by atoms with Crippen LogP contribution in [0.25, 0.3) is 0 Å². The molecule has 0 aliphatic heterocycles. The van der Waals surface area contributed by atoms with E-state index in [1.54, 1.807) is 12.1 Å². The van der Waals surface area contributed by atoms with E-state index in [9.17, 15) is 18.3 Å². The number of benzene rings is 1. The van der Waals surface area contributed by atoms with Gasteiger partial charge >= 0.3 is 16.3 Å². The molecule has 7 nitrogen and oxygen atoms in total. The standard InChI is InChI=1S/C12H18N2O5S/c1-12(2,3)14(11(16)17)20(18,19)13-8-9-5-4-6-10(15)7-9/h4-7,13,15H,8H2,1-3H3,(H,16,17). The SMILES string of the molecule is CC(C)(C)N(C(=O)O)S(=O)(=O)NCc1cccc(O)c1. The zero-order valence-electron chi connectivity index (χ0n) is 11.5. The van der Waals surface area contributed by atoms with Gasteiger partial charge in [0.15, 0.2) is 0 Å². The van der Waals surface area contributed by atoms with Crippen molar-refractivity contribution >= 4 is 16.3 Å². The fourth-order valence-electron chi connectivity index (χ4n) is 1.66. The van der Waals surface area contributed by atoms with Crippen LogP contribution in [0.4, 0.5) is 4.79 Å². The van der Waals surface area contributed by atoms with E-state index in [0.29, 0.717) is 9.87 Å². The average Bonchev–Trinajstić information content (AvgIpc) is 2.23. The summed E-state index contributed by atoms with van der Waals surface area (Å²) in [7, 11) is -4.19. The number of phenolic OH excluding ortho intramolecular Hbond substituents is 1. The number of hydrogen-bond acceptors (Lipinski definition) is 4. The first kappa shape index (κ1) is 16.3. The lowest BCUT2D eigenvalue weighted by Crippen LogP contribution is -2.53. The Balaban J connectivity index is 2.91. The largest absolute Gasteiger partial charge is 0.508 e.